The minimum absolute atomic E-state index is 0.155. The van der Waals surface area contributed by atoms with Gasteiger partial charge < -0.3 is 5.11 Å². The van der Waals surface area contributed by atoms with E-state index in [9.17, 15) is 9.50 Å². The Hall–Kier alpha value is -1.71. The Balaban J connectivity index is 2.30. The van der Waals surface area contributed by atoms with E-state index in [2.05, 4.69) is 5.10 Å². The highest BCUT2D eigenvalue weighted by Crippen LogP contribution is 2.04. The summed E-state index contributed by atoms with van der Waals surface area (Å²) in [4.78, 5) is 0. The first-order valence-electron chi connectivity index (χ1n) is 4.36. The van der Waals surface area contributed by atoms with Gasteiger partial charge in [-0.3, -0.25) is 0 Å². The Morgan fingerprint density at radius 1 is 1.43 bits per heavy atom. The first-order valence-corrected chi connectivity index (χ1v) is 4.36. The number of hydrazone groups is 1. The van der Waals surface area contributed by atoms with Crippen molar-refractivity contribution in [3.8, 4) is 0 Å². The van der Waals surface area contributed by atoms with Crippen molar-refractivity contribution in [1.29, 1.82) is 0 Å². The van der Waals surface area contributed by atoms with Crippen molar-refractivity contribution in [2.45, 2.75) is 6.42 Å². The molecule has 3 nitrogen and oxygen atoms in total. The summed E-state index contributed by atoms with van der Waals surface area (Å²) in [6.07, 6.45) is 1.95. The van der Waals surface area contributed by atoms with Crippen LogP contribution in [0.1, 0.15) is 12.0 Å². The molecule has 1 aromatic rings. The van der Waals surface area contributed by atoms with E-state index in [1.165, 1.54) is 10.8 Å². The van der Waals surface area contributed by atoms with Gasteiger partial charge in [0.05, 0.1) is 5.56 Å². The molecule has 1 aromatic carbocycles. The van der Waals surface area contributed by atoms with Gasteiger partial charge in [-0.2, -0.15) is 0 Å². The van der Waals surface area contributed by atoms with Crippen LogP contribution in [0.4, 0.5) is 4.39 Å². The molecule has 0 saturated heterocycles. The van der Waals surface area contributed by atoms with E-state index in [1.807, 2.05) is 0 Å². The van der Waals surface area contributed by atoms with Gasteiger partial charge in [-0.1, -0.05) is 16.8 Å². The van der Waals surface area contributed by atoms with E-state index in [4.69, 9.17) is 0 Å². The smallest absolute Gasteiger partial charge is 0.206 e. The van der Waals surface area contributed by atoms with Crippen LogP contribution in [0.15, 0.2) is 29.4 Å². The topological polar surface area (TPSA) is 38.4 Å². The lowest BCUT2D eigenvalue weighted by Gasteiger charge is -1.92. The van der Waals surface area contributed by atoms with Gasteiger partial charge in [0, 0.05) is 12.3 Å². The highest BCUT2D eigenvalue weighted by atomic mass is 19.1. The van der Waals surface area contributed by atoms with Crippen LogP contribution in [0.25, 0.3) is 0 Å². The number of benzene rings is 1. The predicted octanol–water partition coefficient (Wildman–Crippen LogP) is 0.335. The molecule has 0 radical (unpaired) electrons. The lowest BCUT2D eigenvalue weighted by molar-refractivity contribution is -0.519. The molecule has 0 spiro atoms. The van der Waals surface area contributed by atoms with Gasteiger partial charge in [0.2, 0.25) is 6.21 Å². The van der Waals surface area contributed by atoms with E-state index in [0.717, 1.165) is 0 Å². The van der Waals surface area contributed by atoms with Gasteiger partial charge in [0.15, 0.2) is 6.54 Å². The third-order valence-corrected chi connectivity index (χ3v) is 1.99. The van der Waals surface area contributed by atoms with Crippen LogP contribution in [0.3, 0.4) is 0 Å². The minimum Gasteiger partial charge on any atom is -0.857 e. The van der Waals surface area contributed by atoms with Crippen LogP contribution < -0.4 is 5.11 Å². The lowest BCUT2D eigenvalue weighted by Crippen LogP contribution is -2.13. The second-order valence-electron chi connectivity index (χ2n) is 3.06. The van der Waals surface area contributed by atoms with Crippen molar-refractivity contribution in [1.82, 2.24) is 0 Å². The summed E-state index contributed by atoms with van der Waals surface area (Å²) >= 11 is 0. The lowest BCUT2D eigenvalue weighted by atomic mass is 10.2. The molecule has 1 heterocycles. The number of halogens is 1. The van der Waals surface area contributed by atoms with Crippen molar-refractivity contribution in [3.05, 3.63) is 35.6 Å². The van der Waals surface area contributed by atoms with Crippen LogP contribution in [0, 0.1) is 5.82 Å². The summed E-state index contributed by atoms with van der Waals surface area (Å²) in [6.45, 7) is 0.535. The first-order chi connectivity index (χ1) is 6.75. The van der Waals surface area contributed by atoms with Crippen LogP contribution >= 0.6 is 0 Å². The number of nitrogens with zero attached hydrogens (tertiary/aromatic N) is 2. The predicted molar refractivity (Wildman–Crippen MR) is 48.7 cm³/mol. The second kappa shape index (κ2) is 3.57. The zero-order valence-electron chi connectivity index (χ0n) is 7.48. The maximum atomic E-state index is 13.2. The van der Waals surface area contributed by atoms with Gasteiger partial charge >= 0.3 is 0 Å². The molecular formula is C10H9FN2O. The molecule has 4 heteroatoms. The Morgan fingerprint density at radius 2 is 2.21 bits per heavy atom. The van der Waals surface area contributed by atoms with E-state index in [-0.39, 0.29) is 11.7 Å². The van der Waals surface area contributed by atoms with E-state index in [0.29, 0.717) is 18.5 Å². The fourth-order valence-electron chi connectivity index (χ4n) is 1.29. The monoisotopic (exact) mass is 192 g/mol. The van der Waals surface area contributed by atoms with E-state index >= 15 is 0 Å². The van der Waals surface area contributed by atoms with E-state index in [1.54, 1.807) is 24.4 Å². The molecule has 2 rings (SSSR count). The molecule has 0 atom stereocenters. The fourth-order valence-corrected chi connectivity index (χ4v) is 1.29. The average molecular weight is 192 g/mol. The third-order valence-electron chi connectivity index (χ3n) is 1.99. The normalized spacial score (nSPS) is 18.6. The van der Waals surface area contributed by atoms with E-state index < -0.39 is 0 Å². The van der Waals surface area contributed by atoms with Crippen LogP contribution in [-0.4, -0.2) is 23.3 Å². The van der Waals surface area contributed by atoms with Gasteiger partial charge in [0.25, 0.3) is 0 Å². The van der Waals surface area contributed by atoms with Crippen molar-refractivity contribution in [3.63, 3.8) is 0 Å². The molecule has 72 valence electrons. The average Bonchev–Trinajstić information content (AvgIpc) is 2.56. The molecule has 1 aliphatic heterocycles. The zero-order valence-corrected chi connectivity index (χ0v) is 7.48. The van der Waals surface area contributed by atoms with Crippen LogP contribution in [0.5, 0.6) is 0 Å². The van der Waals surface area contributed by atoms with Crippen molar-refractivity contribution >= 4 is 12.1 Å². The minimum atomic E-state index is -0.304. The zero-order chi connectivity index (χ0) is 9.97. The maximum Gasteiger partial charge on any atom is 0.206 e. The Morgan fingerprint density at radius 3 is 2.86 bits per heavy atom. The van der Waals surface area contributed by atoms with Crippen LogP contribution in [-0.2, 0) is 0 Å². The summed E-state index contributed by atoms with van der Waals surface area (Å²) in [5.74, 6) is -0.459. The molecule has 0 bridgehead atoms. The molecule has 1 aliphatic rings. The summed E-state index contributed by atoms with van der Waals surface area (Å²) in [5, 5.41) is 14.5. The van der Waals surface area contributed by atoms with Crippen molar-refractivity contribution in [2.75, 3.05) is 6.54 Å². The van der Waals surface area contributed by atoms with Crippen molar-refractivity contribution in [2.24, 2.45) is 5.10 Å². The highest BCUT2D eigenvalue weighted by molar-refractivity contribution is 5.77. The summed E-state index contributed by atoms with van der Waals surface area (Å²) in [6, 6.07) is 6.39. The largest absolute Gasteiger partial charge is 0.857 e. The van der Waals surface area contributed by atoms with Gasteiger partial charge in [-0.15, -0.1) is 0 Å². The maximum absolute atomic E-state index is 13.2. The molecule has 0 unspecified atom stereocenters. The van der Waals surface area contributed by atoms with Gasteiger partial charge in [-0.25, -0.2) is 4.39 Å². The molecular weight excluding hydrogens is 183 g/mol. The summed E-state index contributed by atoms with van der Waals surface area (Å²) in [5.41, 5.74) is 0.450. The standard InChI is InChI=1S/C10H9FN2O/c11-9-4-2-1-3-8(9)7-13-6-5-10(14)12-13/h1-4,7H,5-6H2/b13-7+. The SMILES string of the molecule is [O-]C1=N/[N+](=C/c2ccccc2F)CC1. The molecule has 0 aliphatic carbocycles. The summed E-state index contributed by atoms with van der Waals surface area (Å²) < 4.78 is 14.6. The first kappa shape index (κ1) is 8.87. The molecule has 0 saturated carbocycles. The van der Waals surface area contributed by atoms with Gasteiger partial charge in [-0.05, 0) is 17.2 Å². The number of rotatable bonds is 1. The van der Waals surface area contributed by atoms with Gasteiger partial charge in [0.1, 0.15) is 5.82 Å². The molecule has 0 fully saturated rings. The molecule has 14 heavy (non-hydrogen) atoms. The number of hydrogen-bond donors (Lipinski definition) is 0. The Bertz CT molecular complexity index is 412. The van der Waals surface area contributed by atoms with Crippen molar-refractivity contribution < 1.29 is 14.2 Å². The molecule has 0 N–H and O–H groups in total. The Kier molecular flexibility index (Phi) is 2.26. The molecule has 0 aromatic heterocycles. The number of hydrogen-bond acceptors (Lipinski definition) is 2. The molecule has 0 amide bonds. The van der Waals surface area contributed by atoms with Crippen LogP contribution in [0.2, 0.25) is 0 Å². The fraction of sp³-hybridized carbons (Fsp3) is 0.200. The highest BCUT2D eigenvalue weighted by Gasteiger charge is 2.12. The quantitative estimate of drug-likeness (QED) is 0.591. The Labute approximate surface area is 80.8 Å². The second-order valence-corrected chi connectivity index (χ2v) is 3.06. The summed E-state index contributed by atoms with van der Waals surface area (Å²) in [7, 11) is 0. The third kappa shape index (κ3) is 1.79.